The highest BCUT2D eigenvalue weighted by Gasteiger charge is 2.03. The van der Waals surface area contributed by atoms with E-state index in [0.717, 1.165) is 29.9 Å². The van der Waals surface area contributed by atoms with Gasteiger partial charge in [0.15, 0.2) is 0 Å². The summed E-state index contributed by atoms with van der Waals surface area (Å²) in [7, 11) is 0. The Morgan fingerprint density at radius 3 is 3.06 bits per heavy atom. The van der Waals surface area contributed by atoms with Crippen molar-refractivity contribution in [3.8, 4) is 0 Å². The Morgan fingerprint density at radius 2 is 2.28 bits per heavy atom. The molecule has 0 saturated carbocycles. The van der Waals surface area contributed by atoms with Crippen LogP contribution >= 0.6 is 23.1 Å². The van der Waals surface area contributed by atoms with E-state index in [1.165, 1.54) is 9.90 Å². The molecule has 0 aliphatic heterocycles. The molecule has 0 bridgehead atoms. The minimum Gasteiger partial charge on any atom is -0.392 e. The molecule has 0 radical (unpaired) electrons. The van der Waals surface area contributed by atoms with Gasteiger partial charge in [-0.1, -0.05) is 19.1 Å². The first kappa shape index (κ1) is 13.6. The lowest BCUT2D eigenvalue weighted by atomic mass is 10.2. The van der Waals surface area contributed by atoms with Gasteiger partial charge in [-0.2, -0.15) is 0 Å². The van der Waals surface area contributed by atoms with Crippen molar-refractivity contribution in [1.29, 1.82) is 0 Å². The first-order chi connectivity index (χ1) is 8.81. The fraction of sp³-hybridized carbons (Fsp3) is 0.357. The molecule has 2 aromatic rings. The molecular weight excluding hydrogens is 262 g/mol. The van der Waals surface area contributed by atoms with Crippen molar-refractivity contribution >= 4 is 23.1 Å². The fourth-order valence-corrected chi connectivity index (χ4v) is 3.51. The van der Waals surface area contributed by atoms with Crippen LogP contribution < -0.4 is 0 Å². The van der Waals surface area contributed by atoms with Crippen molar-refractivity contribution < 1.29 is 5.11 Å². The number of aromatic nitrogens is 1. The standard InChI is InChI=1S/C14H17NOS2/c1-2-4-14-15-12(10-18-14)9-17-13-6-3-5-11(7-13)8-16/h3,5-7,10,16H,2,4,8-9H2,1H3. The van der Waals surface area contributed by atoms with E-state index in [1.807, 2.05) is 18.2 Å². The smallest absolute Gasteiger partial charge is 0.0928 e. The molecule has 1 aromatic carbocycles. The van der Waals surface area contributed by atoms with Crippen LogP contribution in [0.1, 0.15) is 29.6 Å². The number of rotatable bonds is 6. The Labute approximate surface area is 116 Å². The highest BCUT2D eigenvalue weighted by Crippen LogP contribution is 2.24. The molecule has 0 amide bonds. The third-order valence-electron chi connectivity index (χ3n) is 2.53. The van der Waals surface area contributed by atoms with Gasteiger partial charge in [-0.05, 0) is 30.5 Å². The number of nitrogens with zero attached hydrogens (tertiary/aromatic N) is 1. The predicted molar refractivity (Wildman–Crippen MR) is 78.0 cm³/mol. The molecule has 0 spiro atoms. The van der Waals surface area contributed by atoms with Gasteiger partial charge in [0.05, 0.1) is 17.3 Å². The molecule has 18 heavy (non-hydrogen) atoms. The zero-order valence-electron chi connectivity index (χ0n) is 10.4. The second-order valence-corrected chi connectivity index (χ2v) is 6.07. The van der Waals surface area contributed by atoms with Crippen LogP contribution in [0.3, 0.4) is 0 Å². The third-order valence-corrected chi connectivity index (χ3v) is 4.52. The van der Waals surface area contributed by atoms with Crippen LogP contribution in [0.5, 0.6) is 0 Å². The lowest BCUT2D eigenvalue weighted by Crippen LogP contribution is -1.86. The van der Waals surface area contributed by atoms with E-state index in [0.29, 0.717) is 0 Å². The largest absolute Gasteiger partial charge is 0.392 e. The number of thiazole rings is 1. The molecule has 1 aromatic heterocycles. The Hall–Kier alpha value is -0.840. The van der Waals surface area contributed by atoms with Crippen molar-refractivity contribution in [1.82, 2.24) is 4.98 Å². The molecule has 0 aliphatic carbocycles. The van der Waals surface area contributed by atoms with Crippen molar-refractivity contribution in [2.75, 3.05) is 0 Å². The molecule has 1 N–H and O–H groups in total. The maximum absolute atomic E-state index is 9.09. The molecule has 0 fully saturated rings. The van der Waals surface area contributed by atoms with E-state index < -0.39 is 0 Å². The molecule has 0 atom stereocenters. The minimum absolute atomic E-state index is 0.103. The van der Waals surface area contributed by atoms with Gasteiger partial charge in [-0.25, -0.2) is 4.98 Å². The molecule has 2 nitrogen and oxygen atoms in total. The summed E-state index contributed by atoms with van der Waals surface area (Å²) in [6.07, 6.45) is 2.23. The van der Waals surface area contributed by atoms with Crippen molar-refractivity contribution in [3.63, 3.8) is 0 Å². The van der Waals surface area contributed by atoms with Crippen LogP contribution in [-0.4, -0.2) is 10.1 Å². The maximum Gasteiger partial charge on any atom is 0.0928 e. The van der Waals surface area contributed by atoms with Crippen LogP contribution in [0.4, 0.5) is 0 Å². The molecule has 0 saturated heterocycles. The maximum atomic E-state index is 9.09. The van der Waals surface area contributed by atoms with Gasteiger partial charge < -0.3 is 5.11 Å². The van der Waals surface area contributed by atoms with E-state index in [2.05, 4.69) is 23.4 Å². The normalized spacial score (nSPS) is 10.8. The second kappa shape index (κ2) is 6.92. The van der Waals surface area contributed by atoms with Crippen LogP contribution in [0, 0.1) is 0 Å². The first-order valence-corrected chi connectivity index (χ1v) is 7.94. The monoisotopic (exact) mass is 279 g/mol. The van der Waals surface area contributed by atoms with E-state index in [1.54, 1.807) is 23.1 Å². The number of hydrogen-bond donors (Lipinski definition) is 1. The van der Waals surface area contributed by atoms with E-state index in [-0.39, 0.29) is 6.61 Å². The number of aliphatic hydroxyl groups is 1. The second-order valence-electron chi connectivity index (χ2n) is 4.08. The van der Waals surface area contributed by atoms with E-state index in [9.17, 15) is 0 Å². The average Bonchev–Trinajstić information content (AvgIpc) is 2.85. The summed E-state index contributed by atoms with van der Waals surface area (Å²) in [5.41, 5.74) is 2.12. The van der Waals surface area contributed by atoms with Crippen molar-refractivity contribution in [2.45, 2.75) is 37.0 Å². The van der Waals surface area contributed by atoms with Crippen molar-refractivity contribution in [2.24, 2.45) is 0 Å². The summed E-state index contributed by atoms with van der Waals surface area (Å²) in [6.45, 7) is 2.28. The van der Waals surface area contributed by atoms with E-state index in [4.69, 9.17) is 5.11 Å². The molecule has 2 rings (SSSR count). The van der Waals surface area contributed by atoms with Gasteiger partial charge >= 0.3 is 0 Å². The number of aliphatic hydroxyl groups excluding tert-OH is 1. The summed E-state index contributed by atoms with van der Waals surface area (Å²) in [5, 5.41) is 12.5. The molecule has 96 valence electrons. The molecule has 1 heterocycles. The van der Waals surface area contributed by atoms with Crippen molar-refractivity contribution in [3.05, 3.63) is 45.9 Å². The highest BCUT2D eigenvalue weighted by atomic mass is 32.2. The zero-order chi connectivity index (χ0) is 12.8. The zero-order valence-corrected chi connectivity index (χ0v) is 12.1. The van der Waals surface area contributed by atoms with Crippen LogP contribution in [0.2, 0.25) is 0 Å². The van der Waals surface area contributed by atoms with Gasteiger partial charge in [0.25, 0.3) is 0 Å². The summed E-state index contributed by atoms with van der Waals surface area (Å²) < 4.78 is 0. The highest BCUT2D eigenvalue weighted by molar-refractivity contribution is 7.98. The topological polar surface area (TPSA) is 33.1 Å². The number of hydrogen-bond acceptors (Lipinski definition) is 4. The Balaban J connectivity index is 1.93. The Kier molecular flexibility index (Phi) is 5.23. The SMILES string of the molecule is CCCc1nc(CSc2cccc(CO)c2)cs1. The van der Waals surface area contributed by atoms with Gasteiger partial charge in [0.1, 0.15) is 0 Å². The summed E-state index contributed by atoms with van der Waals surface area (Å²) in [6, 6.07) is 8.02. The van der Waals surface area contributed by atoms with Gasteiger partial charge in [-0.3, -0.25) is 0 Å². The molecule has 0 unspecified atom stereocenters. The molecule has 0 aliphatic rings. The summed E-state index contributed by atoms with van der Waals surface area (Å²) in [5.74, 6) is 0.898. The van der Waals surface area contributed by atoms with Crippen LogP contribution in [0.15, 0.2) is 34.5 Å². The lowest BCUT2D eigenvalue weighted by molar-refractivity contribution is 0.281. The fourth-order valence-electron chi connectivity index (χ4n) is 1.63. The van der Waals surface area contributed by atoms with E-state index >= 15 is 0 Å². The first-order valence-electron chi connectivity index (χ1n) is 6.07. The predicted octanol–water partition coefficient (Wildman–Crippen LogP) is 3.88. The van der Waals surface area contributed by atoms with Gasteiger partial charge in [0, 0.05) is 16.0 Å². The lowest BCUT2D eigenvalue weighted by Gasteiger charge is -2.01. The molecular formula is C14H17NOS2. The van der Waals surface area contributed by atoms with Crippen LogP contribution in [0.25, 0.3) is 0 Å². The average molecular weight is 279 g/mol. The Bertz CT molecular complexity index is 496. The van der Waals surface area contributed by atoms with Gasteiger partial charge in [0.2, 0.25) is 0 Å². The molecule has 4 heteroatoms. The Morgan fingerprint density at radius 1 is 1.39 bits per heavy atom. The van der Waals surface area contributed by atoms with Crippen LogP contribution in [-0.2, 0) is 18.8 Å². The van der Waals surface area contributed by atoms with Gasteiger partial charge in [-0.15, -0.1) is 23.1 Å². The third kappa shape index (κ3) is 3.83. The quantitative estimate of drug-likeness (QED) is 0.815. The number of benzene rings is 1. The minimum atomic E-state index is 0.103. The summed E-state index contributed by atoms with van der Waals surface area (Å²) >= 11 is 3.52. The summed E-state index contributed by atoms with van der Waals surface area (Å²) in [4.78, 5) is 5.79. The number of thioether (sulfide) groups is 1. The number of aryl methyl sites for hydroxylation is 1.